The minimum atomic E-state index is -0.640. The molecular formula is C18H18N4OS. The number of benzene rings is 1. The van der Waals surface area contributed by atoms with Gasteiger partial charge in [0.15, 0.2) is 5.96 Å². The smallest absolute Gasteiger partial charge is 0.231 e. The summed E-state index contributed by atoms with van der Waals surface area (Å²) < 4.78 is 0. The van der Waals surface area contributed by atoms with Crippen molar-refractivity contribution < 1.29 is 4.79 Å². The third-order valence-corrected chi connectivity index (χ3v) is 5.58. The van der Waals surface area contributed by atoms with Crippen LogP contribution in [-0.2, 0) is 10.3 Å². The Bertz CT molecular complexity index is 893. The molecule has 3 rings (SSSR count). The van der Waals surface area contributed by atoms with Crippen LogP contribution in [0.25, 0.3) is 11.1 Å². The van der Waals surface area contributed by atoms with Crippen molar-refractivity contribution in [3.8, 4) is 17.2 Å². The van der Waals surface area contributed by atoms with Crippen LogP contribution in [0.3, 0.4) is 0 Å². The van der Waals surface area contributed by atoms with Gasteiger partial charge in [-0.05, 0) is 48.1 Å². The average molecular weight is 338 g/mol. The molecule has 0 fully saturated rings. The Kier molecular flexibility index (Phi) is 3.90. The Hall–Kier alpha value is -2.65. The number of aryl methyl sites for hydroxylation is 1. The molecule has 0 saturated carbocycles. The second kappa shape index (κ2) is 5.77. The van der Waals surface area contributed by atoms with Gasteiger partial charge < -0.3 is 5.73 Å². The molecule has 6 heteroatoms. The van der Waals surface area contributed by atoms with Gasteiger partial charge in [0.25, 0.3) is 0 Å². The summed E-state index contributed by atoms with van der Waals surface area (Å²) in [6.07, 6.45) is 0.293. The zero-order valence-electron chi connectivity index (χ0n) is 13.8. The minimum absolute atomic E-state index is 0.0398. The lowest BCUT2D eigenvalue weighted by molar-refractivity contribution is -0.128. The molecule has 1 amide bonds. The molecule has 122 valence electrons. The Morgan fingerprint density at radius 2 is 2.12 bits per heavy atom. The van der Waals surface area contributed by atoms with Crippen molar-refractivity contribution in [1.82, 2.24) is 4.90 Å². The molecule has 1 aromatic carbocycles. The van der Waals surface area contributed by atoms with E-state index in [4.69, 9.17) is 5.73 Å². The molecule has 2 heterocycles. The molecule has 0 bridgehead atoms. The van der Waals surface area contributed by atoms with Crippen LogP contribution in [0.15, 0.2) is 34.6 Å². The quantitative estimate of drug-likeness (QED) is 0.914. The number of carbonyl (C=O) groups is 1. The van der Waals surface area contributed by atoms with E-state index in [2.05, 4.69) is 11.1 Å². The molecule has 2 aromatic rings. The number of nitrogens with zero attached hydrogens (tertiary/aromatic N) is 3. The van der Waals surface area contributed by atoms with E-state index < -0.39 is 5.54 Å². The third kappa shape index (κ3) is 2.68. The molecule has 0 spiro atoms. The van der Waals surface area contributed by atoms with Gasteiger partial charge in [-0.3, -0.25) is 9.69 Å². The lowest BCUT2D eigenvalue weighted by Crippen LogP contribution is -2.47. The van der Waals surface area contributed by atoms with Gasteiger partial charge in [-0.1, -0.05) is 12.1 Å². The van der Waals surface area contributed by atoms with E-state index in [-0.39, 0.29) is 11.9 Å². The van der Waals surface area contributed by atoms with Gasteiger partial charge in [0.05, 0.1) is 18.1 Å². The summed E-state index contributed by atoms with van der Waals surface area (Å²) in [5.41, 5.74) is 8.87. The lowest BCUT2D eigenvalue weighted by atomic mass is 9.93. The zero-order valence-corrected chi connectivity index (χ0v) is 14.6. The predicted molar refractivity (Wildman–Crippen MR) is 95.6 cm³/mol. The van der Waals surface area contributed by atoms with Crippen molar-refractivity contribution >= 4 is 23.2 Å². The Labute approximate surface area is 145 Å². The number of rotatable bonds is 2. The van der Waals surface area contributed by atoms with Crippen molar-refractivity contribution in [3.63, 3.8) is 0 Å². The lowest BCUT2D eigenvalue weighted by Gasteiger charge is -2.32. The fourth-order valence-corrected chi connectivity index (χ4v) is 3.77. The van der Waals surface area contributed by atoms with E-state index in [0.717, 1.165) is 21.6 Å². The number of guanidine groups is 1. The summed E-state index contributed by atoms with van der Waals surface area (Å²) in [5, 5.41) is 11.2. The van der Waals surface area contributed by atoms with E-state index >= 15 is 0 Å². The summed E-state index contributed by atoms with van der Waals surface area (Å²) in [6.45, 7) is 3.85. The molecule has 1 aromatic heterocycles. The standard InChI is InChI=1S/C18H18N4OS/c1-11-4-5-12(6-13(11)9-19)14-7-15(24-10-14)18(2)8-16(23)22(3)17(20)21-18/h4-7,10H,8H2,1-3H3,(H2,20,21)/t18-/m1/s1. The van der Waals surface area contributed by atoms with Gasteiger partial charge in [-0.15, -0.1) is 11.3 Å². The first kappa shape index (κ1) is 16.2. The Morgan fingerprint density at radius 3 is 2.79 bits per heavy atom. The van der Waals surface area contributed by atoms with Crippen molar-refractivity contribution in [1.29, 1.82) is 5.26 Å². The van der Waals surface area contributed by atoms with Crippen LogP contribution in [0.5, 0.6) is 0 Å². The maximum absolute atomic E-state index is 12.1. The van der Waals surface area contributed by atoms with Crippen LogP contribution in [0.4, 0.5) is 0 Å². The van der Waals surface area contributed by atoms with E-state index in [1.54, 1.807) is 18.4 Å². The number of amides is 1. The number of hydrogen-bond donors (Lipinski definition) is 1. The molecule has 0 radical (unpaired) electrons. The predicted octanol–water partition coefficient (Wildman–Crippen LogP) is 2.99. The Balaban J connectivity index is 2.00. The maximum Gasteiger partial charge on any atom is 0.231 e. The van der Waals surface area contributed by atoms with Gasteiger partial charge in [-0.2, -0.15) is 5.26 Å². The SMILES string of the molecule is Cc1ccc(-c2csc([C@@]3(C)CC(=O)N(C)C(N)=N3)c2)cc1C#N. The van der Waals surface area contributed by atoms with E-state index in [1.807, 2.05) is 43.5 Å². The van der Waals surface area contributed by atoms with Crippen molar-refractivity contribution in [2.75, 3.05) is 7.05 Å². The summed E-state index contributed by atoms with van der Waals surface area (Å²) in [6, 6.07) is 10.1. The van der Waals surface area contributed by atoms with E-state index in [0.29, 0.717) is 12.0 Å². The average Bonchev–Trinajstić information content (AvgIpc) is 3.04. The fourth-order valence-electron chi connectivity index (χ4n) is 2.74. The molecule has 1 aliphatic heterocycles. The van der Waals surface area contributed by atoms with Crippen LogP contribution in [0.1, 0.15) is 29.3 Å². The first-order valence-corrected chi connectivity index (χ1v) is 8.44. The van der Waals surface area contributed by atoms with Crippen LogP contribution >= 0.6 is 11.3 Å². The minimum Gasteiger partial charge on any atom is -0.369 e. The molecule has 1 atom stereocenters. The summed E-state index contributed by atoms with van der Waals surface area (Å²) >= 11 is 1.56. The van der Waals surface area contributed by atoms with E-state index in [1.165, 1.54) is 4.90 Å². The van der Waals surface area contributed by atoms with Gasteiger partial charge in [0.2, 0.25) is 5.91 Å². The summed E-state index contributed by atoms with van der Waals surface area (Å²) in [5.74, 6) is 0.202. The largest absolute Gasteiger partial charge is 0.369 e. The van der Waals surface area contributed by atoms with Crippen molar-refractivity contribution in [2.45, 2.75) is 25.8 Å². The molecule has 1 aliphatic rings. The molecule has 5 nitrogen and oxygen atoms in total. The van der Waals surface area contributed by atoms with Gasteiger partial charge in [0.1, 0.15) is 5.54 Å². The van der Waals surface area contributed by atoms with Crippen LogP contribution in [0, 0.1) is 18.3 Å². The number of nitriles is 1. The van der Waals surface area contributed by atoms with Gasteiger partial charge >= 0.3 is 0 Å². The molecule has 0 saturated heterocycles. The Morgan fingerprint density at radius 1 is 1.38 bits per heavy atom. The molecule has 0 unspecified atom stereocenters. The molecule has 2 N–H and O–H groups in total. The third-order valence-electron chi connectivity index (χ3n) is 4.40. The highest BCUT2D eigenvalue weighted by Crippen LogP contribution is 2.39. The van der Waals surface area contributed by atoms with Crippen LogP contribution in [-0.4, -0.2) is 23.8 Å². The first-order chi connectivity index (χ1) is 11.3. The monoisotopic (exact) mass is 338 g/mol. The van der Waals surface area contributed by atoms with Gasteiger partial charge in [-0.25, -0.2) is 4.99 Å². The second-order valence-corrected chi connectivity index (χ2v) is 7.13. The number of nitrogens with two attached hydrogens (primary N) is 1. The van der Waals surface area contributed by atoms with Crippen molar-refractivity contribution in [2.24, 2.45) is 10.7 Å². The normalized spacial score (nSPS) is 20.7. The van der Waals surface area contributed by atoms with Gasteiger partial charge in [0, 0.05) is 11.9 Å². The fraction of sp³-hybridized carbons (Fsp3) is 0.278. The number of hydrogen-bond acceptors (Lipinski definition) is 5. The summed E-state index contributed by atoms with van der Waals surface area (Å²) in [7, 11) is 1.64. The molecular weight excluding hydrogens is 320 g/mol. The summed E-state index contributed by atoms with van der Waals surface area (Å²) in [4.78, 5) is 19.0. The highest BCUT2D eigenvalue weighted by atomic mass is 32.1. The second-order valence-electron chi connectivity index (χ2n) is 6.21. The topological polar surface area (TPSA) is 82.5 Å². The highest BCUT2D eigenvalue weighted by Gasteiger charge is 2.37. The number of thiophene rings is 1. The highest BCUT2D eigenvalue weighted by molar-refractivity contribution is 7.10. The first-order valence-electron chi connectivity index (χ1n) is 7.56. The number of aliphatic imine (C=N–C) groups is 1. The van der Waals surface area contributed by atoms with E-state index in [9.17, 15) is 10.1 Å². The maximum atomic E-state index is 12.1. The van der Waals surface area contributed by atoms with Crippen LogP contribution < -0.4 is 5.73 Å². The van der Waals surface area contributed by atoms with Crippen LogP contribution in [0.2, 0.25) is 0 Å². The number of carbonyl (C=O) groups excluding carboxylic acids is 1. The molecule has 24 heavy (non-hydrogen) atoms. The van der Waals surface area contributed by atoms with Crippen molar-refractivity contribution in [3.05, 3.63) is 45.6 Å². The zero-order chi connectivity index (χ0) is 17.5. The molecule has 0 aliphatic carbocycles.